The molecule has 1 aliphatic heterocycles. The number of anilines is 2. The number of amides is 1. The van der Waals surface area contributed by atoms with Crippen molar-refractivity contribution in [1.82, 2.24) is 9.97 Å². The molecule has 1 saturated carbocycles. The molecule has 5 rings (SSSR count). The number of ether oxygens (including phenoxy) is 1. The molecule has 1 saturated heterocycles. The van der Waals surface area contributed by atoms with E-state index in [1.165, 1.54) is 31.2 Å². The average Bonchev–Trinajstić information content (AvgIpc) is 3.61. The van der Waals surface area contributed by atoms with Crippen LogP contribution < -0.4 is 14.5 Å². The maximum atomic E-state index is 14.3. The van der Waals surface area contributed by atoms with Crippen LogP contribution in [-0.2, 0) is 11.2 Å². The topological polar surface area (TPSA) is 95.9 Å². The SMILES string of the molecule is CN(C)c1nccc(N2CCC([N+](C)(C(=O)CCC3CCCC3)C3CCc4ccc(OC(=O)O)cc43)CC2)n1. The zero-order chi connectivity index (χ0) is 27.6. The van der Waals surface area contributed by atoms with E-state index in [0.29, 0.717) is 34.4 Å². The van der Waals surface area contributed by atoms with E-state index >= 15 is 0 Å². The molecule has 2 aliphatic carbocycles. The highest BCUT2D eigenvalue weighted by molar-refractivity contribution is 5.70. The van der Waals surface area contributed by atoms with Crippen LogP contribution in [0.1, 0.15) is 75.0 Å². The van der Waals surface area contributed by atoms with Gasteiger partial charge in [-0.15, -0.1) is 0 Å². The van der Waals surface area contributed by atoms with Crippen molar-refractivity contribution < 1.29 is 23.9 Å². The summed E-state index contributed by atoms with van der Waals surface area (Å²) in [5.74, 6) is 2.93. The van der Waals surface area contributed by atoms with Crippen LogP contribution >= 0.6 is 0 Å². The highest BCUT2D eigenvalue weighted by Crippen LogP contribution is 2.45. The monoisotopic (exact) mass is 536 g/mol. The number of quaternary nitrogens is 1. The first-order chi connectivity index (χ1) is 18.8. The van der Waals surface area contributed by atoms with Gasteiger partial charge in [0.1, 0.15) is 17.6 Å². The minimum Gasteiger partial charge on any atom is -0.449 e. The number of carboxylic acid groups (broad SMARTS) is 1. The molecule has 1 N–H and O–H groups in total. The number of aryl methyl sites for hydroxylation is 1. The zero-order valence-electron chi connectivity index (χ0n) is 23.5. The summed E-state index contributed by atoms with van der Waals surface area (Å²) in [4.78, 5) is 38.8. The maximum Gasteiger partial charge on any atom is 0.511 e. The molecule has 1 amide bonds. The van der Waals surface area contributed by atoms with Gasteiger partial charge in [-0.05, 0) is 42.5 Å². The smallest absolute Gasteiger partial charge is 0.449 e. The lowest BCUT2D eigenvalue weighted by Gasteiger charge is -2.47. The number of nitrogens with zero attached hydrogens (tertiary/aromatic N) is 5. The van der Waals surface area contributed by atoms with Crippen molar-refractivity contribution >= 4 is 23.8 Å². The molecule has 9 nitrogen and oxygen atoms in total. The Kier molecular flexibility index (Phi) is 8.07. The summed E-state index contributed by atoms with van der Waals surface area (Å²) in [5.41, 5.74) is 2.26. The number of carbonyl (C=O) groups excluding carboxylic acids is 1. The Morgan fingerprint density at radius 1 is 1.10 bits per heavy atom. The Morgan fingerprint density at radius 3 is 2.54 bits per heavy atom. The summed E-state index contributed by atoms with van der Waals surface area (Å²) in [7, 11) is 6.03. The molecule has 0 spiro atoms. The van der Waals surface area contributed by atoms with Crippen LogP contribution in [0.2, 0.25) is 0 Å². The lowest BCUT2D eigenvalue weighted by atomic mass is 9.92. The summed E-state index contributed by atoms with van der Waals surface area (Å²) in [6, 6.07) is 7.72. The standard InChI is InChI=1S/C30H41N5O4/c1-33(2)29-31-17-14-27(32-29)34-18-15-23(16-19-34)35(3,28(36)13-8-21-6-4-5-7-21)26-12-10-22-9-11-24(20-25(22)26)39-30(37)38/h9,11,14,17,20-21,23,26H,4-8,10,12-13,15-16,18-19H2,1-3H3/p+1. The molecule has 39 heavy (non-hydrogen) atoms. The van der Waals surface area contributed by atoms with Crippen molar-refractivity contribution in [1.29, 1.82) is 0 Å². The summed E-state index contributed by atoms with van der Waals surface area (Å²) in [5, 5.41) is 9.18. The van der Waals surface area contributed by atoms with Gasteiger partial charge in [-0.3, -0.25) is 4.48 Å². The fraction of sp³-hybridized carbons (Fsp3) is 0.600. The second kappa shape index (κ2) is 11.5. The van der Waals surface area contributed by atoms with Crippen LogP contribution in [0.3, 0.4) is 0 Å². The number of hydrogen-bond donors (Lipinski definition) is 1. The van der Waals surface area contributed by atoms with Gasteiger partial charge in [0.05, 0.1) is 19.5 Å². The van der Waals surface area contributed by atoms with E-state index in [2.05, 4.69) is 16.9 Å². The predicted octanol–water partition coefficient (Wildman–Crippen LogP) is 5.20. The summed E-state index contributed by atoms with van der Waals surface area (Å²) < 4.78 is 5.40. The van der Waals surface area contributed by atoms with E-state index in [4.69, 9.17) is 9.72 Å². The Morgan fingerprint density at radius 2 is 1.85 bits per heavy atom. The van der Waals surface area contributed by atoms with Crippen LogP contribution in [0, 0.1) is 5.92 Å². The number of hydrogen-bond acceptors (Lipinski definition) is 7. The first kappa shape index (κ1) is 27.4. The van der Waals surface area contributed by atoms with Gasteiger partial charge < -0.3 is 19.6 Å². The van der Waals surface area contributed by atoms with Gasteiger partial charge in [-0.25, -0.2) is 14.6 Å². The van der Waals surface area contributed by atoms with Crippen LogP contribution in [0.15, 0.2) is 30.5 Å². The van der Waals surface area contributed by atoms with E-state index < -0.39 is 6.16 Å². The number of piperidine rings is 1. The molecule has 0 bridgehead atoms. The van der Waals surface area contributed by atoms with Crippen LogP contribution in [0.4, 0.5) is 16.6 Å². The fourth-order valence-electron chi connectivity index (χ4n) is 7.14. The van der Waals surface area contributed by atoms with E-state index in [0.717, 1.165) is 56.6 Å². The Hall–Kier alpha value is -3.20. The van der Waals surface area contributed by atoms with E-state index in [1.54, 1.807) is 6.07 Å². The van der Waals surface area contributed by atoms with Crippen molar-refractivity contribution in [2.75, 3.05) is 44.0 Å². The number of carbonyl (C=O) groups is 2. The van der Waals surface area contributed by atoms with Crippen molar-refractivity contribution in [2.24, 2.45) is 5.92 Å². The lowest BCUT2D eigenvalue weighted by molar-refractivity contribution is -0.892. The minimum absolute atomic E-state index is 0.00404. The van der Waals surface area contributed by atoms with Crippen molar-refractivity contribution in [3.63, 3.8) is 0 Å². The molecule has 2 unspecified atom stereocenters. The quantitative estimate of drug-likeness (QED) is 0.279. The van der Waals surface area contributed by atoms with Gasteiger partial charge >= 0.3 is 12.1 Å². The molecule has 3 aliphatic rings. The molecular formula is C30H42N5O4+. The zero-order valence-corrected chi connectivity index (χ0v) is 23.5. The van der Waals surface area contributed by atoms with Gasteiger partial charge in [0, 0.05) is 58.2 Å². The van der Waals surface area contributed by atoms with Gasteiger partial charge in [0.25, 0.3) is 0 Å². The first-order valence-corrected chi connectivity index (χ1v) is 14.4. The normalized spacial score (nSPS) is 21.4. The van der Waals surface area contributed by atoms with Crippen LogP contribution in [0.25, 0.3) is 0 Å². The van der Waals surface area contributed by atoms with E-state index in [1.807, 2.05) is 43.4 Å². The molecule has 0 radical (unpaired) electrons. The van der Waals surface area contributed by atoms with Gasteiger partial charge in [0.15, 0.2) is 0 Å². The molecule has 1 aromatic carbocycles. The molecule has 2 fully saturated rings. The second-order valence-corrected chi connectivity index (χ2v) is 11.8. The summed E-state index contributed by atoms with van der Waals surface area (Å²) in [6.45, 7) is 1.67. The second-order valence-electron chi connectivity index (χ2n) is 11.8. The molecule has 2 heterocycles. The van der Waals surface area contributed by atoms with E-state index in [9.17, 15) is 14.7 Å². The number of benzene rings is 1. The average molecular weight is 537 g/mol. The maximum absolute atomic E-state index is 14.3. The molecule has 9 heteroatoms. The van der Waals surface area contributed by atoms with Gasteiger partial charge in [-0.2, -0.15) is 4.98 Å². The highest BCUT2D eigenvalue weighted by atomic mass is 16.7. The number of rotatable bonds is 8. The van der Waals surface area contributed by atoms with Gasteiger partial charge in [0.2, 0.25) is 5.95 Å². The third-order valence-corrected chi connectivity index (χ3v) is 9.37. The first-order valence-electron chi connectivity index (χ1n) is 14.4. The third-order valence-electron chi connectivity index (χ3n) is 9.37. The molecule has 210 valence electrons. The summed E-state index contributed by atoms with van der Waals surface area (Å²) in [6.07, 6.45) is 10.7. The Balaban J connectivity index is 1.39. The number of fused-ring (bicyclic) bond motifs is 1. The third kappa shape index (κ3) is 5.73. The molecule has 1 aromatic heterocycles. The van der Waals surface area contributed by atoms with Crippen molar-refractivity contribution in [2.45, 2.75) is 76.3 Å². The molecule has 2 aromatic rings. The van der Waals surface area contributed by atoms with Crippen molar-refractivity contribution in [3.05, 3.63) is 41.6 Å². The van der Waals surface area contributed by atoms with Gasteiger partial charge in [-0.1, -0.05) is 31.7 Å². The van der Waals surface area contributed by atoms with E-state index in [-0.39, 0.29) is 12.1 Å². The fourth-order valence-corrected chi connectivity index (χ4v) is 7.14. The van der Waals surface area contributed by atoms with Crippen LogP contribution in [0.5, 0.6) is 5.75 Å². The number of aromatic nitrogens is 2. The summed E-state index contributed by atoms with van der Waals surface area (Å²) >= 11 is 0. The lowest BCUT2D eigenvalue weighted by Crippen LogP contribution is -2.60. The van der Waals surface area contributed by atoms with Crippen molar-refractivity contribution in [3.8, 4) is 5.75 Å². The highest BCUT2D eigenvalue weighted by Gasteiger charge is 2.50. The molecular weight excluding hydrogens is 494 g/mol. The van der Waals surface area contributed by atoms with Crippen LogP contribution in [-0.4, -0.2) is 71.9 Å². The molecule has 2 atom stereocenters. The predicted molar refractivity (Wildman–Crippen MR) is 150 cm³/mol. The minimum atomic E-state index is -1.32. The Bertz CT molecular complexity index is 1190. The largest absolute Gasteiger partial charge is 0.511 e. The Labute approximate surface area is 231 Å².